The van der Waals surface area contributed by atoms with Gasteiger partial charge in [-0.25, -0.2) is 0 Å². The smallest absolute Gasteiger partial charge is 0.0316 e. The second-order valence-electron chi connectivity index (χ2n) is 4.53. The lowest BCUT2D eigenvalue weighted by Gasteiger charge is -2.24. The Morgan fingerprint density at radius 2 is 1.94 bits per heavy atom. The van der Waals surface area contributed by atoms with Crippen LogP contribution in [-0.2, 0) is 0 Å². The van der Waals surface area contributed by atoms with Gasteiger partial charge in [0.1, 0.15) is 0 Å². The summed E-state index contributed by atoms with van der Waals surface area (Å²) in [7, 11) is 0. The van der Waals surface area contributed by atoms with Gasteiger partial charge in [0.05, 0.1) is 0 Å². The maximum atomic E-state index is 5.78. The standard InChI is InChI=1S/C14H18N2/c1-9-7-11(15)3-5-13(9)14-6-4-12(16)8-10(14)2/h3-9,13H,15-16H2,1-2H3. The van der Waals surface area contributed by atoms with E-state index in [1.54, 1.807) is 0 Å². The van der Waals surface area contributed by atoms with E-state index in [0.29, 0.717) is 11.8 Å². The number of hydrogen-bond acceptors (Lipinski definition) is 2. The molecule has 2 nitrogen and oxygen atoms in total. The maximum absolute atomic E-state index is 5.78. The van der Waals surface area contributed by atoms with Gasteiger partial charge < -0.3 is 11.5 Å². The molecule has 2 rings (SSSR count). The quantitative estimate of drug-likeness (QED) is 0.706. The number of anilines is 1. The van der Waals surface area contributed by atoms with Crippen molar-refractivity contribution in [3.8, 4) is 0 Å². The predicted octanol–water partition coefficient (Wildman–Crippen LogP) is 2.71. The fraction of sp³-hybridized carbons (Fsp3) is 0.286. The lowest BCUT2D eigenvalue weighted by Crippen LogP contribution is -2.13. The second kappa shape index (κ2) is 4.05. The summed E-state index contributed by atoms with van der Waals surface area (Å²) in [6.07, 6.45) is 6.28. The third-order valence-electron chi connectivity index (χ3n) is 3.17. The summed E-state index contributed by atoms with van der Waals surface area (Å²) >= 11 is 0. The van der Waals surface area contributed by atoms with Gasteiger partial charge in [0, 0.05) is 17.3 Å². The number of nitrogens with two attached hydrogens (primary N) is 2. The number of nitrogen functional groups attached to an aromatic ring is 1. The summed E-state index contributed by atoms with van der Waals surface area (Å²) in [6.45, 7) is 4.30. The first-order valence-electron chi connectivity index (χ1n) is 5.59. The van der Waals surface area contributed by atoms with E-state index in [2.05, 4.69) is 32.1 Å². The molecule has 0 fully saturated rings. The molecule has 0 aromatic heterocycles. The topological polar surface area (TPSA) is 52.0 Å². The van der Waals surface area contributed by atoms with E-state index in [9.17, 15) is 0 Å². The van der Waals surface area contributed by atoms with Crippen LogP contribution >= 0.6 is 0 Å². The highest BCUT2D eigenvalue weighted by molar-refractivity contribution is 5.47. The number of rotatable bonds is 1. The molecule has 1 aromatic rings. The highest BCUT2D eigenvalue weighted by Crippen LogP contribution is 2.33. The molecule has 1 aromatic carbocycles. The van der Waals surface area contributed by atoms with Gasteiger partial charge in [-0.3, -0.25) is 0 Å². The number of aryl methyl sites for hydroxylation is 1. The monoisotopic (exact) mass is 214 g/mol. The first-order valence-corrected chi connectivity index (χ1v) is 5.59. The molecular weight excluding hydrogens is 196 g/mol. The summed E-state index contributed by atoms with van der Waals surface area (Å²) < 4.78 is 0. The van der Waals surface area contributed by atoms with Crippen LogP contribution in [0.15, 0.2) is 42.1 Å². The van der Waals surface area contributed by atoms with Gasteiger partial charge >= 0.3 is 0 Å². The molecule has 0 spiro atoms. The van der Waals surface area contributed by atoms with Crippen LogP contribution in [0.4, 0.5) is 5.69 Å². The lowest BCUT2D eigenvalue weighted by atomic mass is 9.81. The van der Waals surface area contributed by atoms with E-state index in [1.807, 2.05) is 18.2 Å². The van der Waals surface area contributed by atoms with Crippen molar-refractivity contribution in [2.24, 2.45) is 11.7 Å². The highest BCUT2D eigenvalue weighted by atomic mass is 14.6. The van der Waals surface area contributed by atoms with E-state index in [-0.39, 0.29) is 0 Å². The SMILES string of the molecule is Cc1cc(N)ccc1C1C=CC(N)=CC1C. The predicted molar refractivity (Wildman–Crippen MR) is 68.9 cm³/mol. The van der Waals surface area contributed by atoms with Crippen LogP contribution in [0.1, 0.15) is 24.0 Å². The molecule has 0 saturated heterocycles. The average molecular weight is 214 g/mol. The van der Waals surface area contributed by atoms with Gasteiger partial charge in [-0.15, -0.1) is 0 Å². The normalized spacial score (nSPS) is 24.2. The van der Waals surface area contributed by atoms with E-state index in [4.69, 9.17) is 11.5 Å². The summed E-state index contributed by atoms with van der Waals surface area (Å²) in [5.74, 6) is 0.847. The molecule has 0 saturated carbocycles. The Hall–Kier alpha value is -1.70. The summed E-state index contributed by atoms with van der Waals surface area (Å²) in [6, 6.07) is 6.10. The van der Waals surface area contributed by atoms with Crippen molar-refractivity contribution in [1.82, 2.24) is 0 Å². The molecule has 16 heavy (non-hydrogen) atoms. The second-order valence-corrected chi connectivity index (χ2v) is 4.53. The summed E-state index contributed by atoms with van der Waals surface area (Å²) in [5, 5.41) is 0. The van der Waals surface area contributed by atoms with Crippen molar-refractivity contribution in [2.75, 3.05) is 5.73 Å². The molecule has 0 heterocycles. The van der Waals surface area contributed by atoms with Gasteiger partial charge in [-0.1, -0.05) is 25.1 Å². The van der Waals surface area contributed by atoms with Crippen molar-refractivity contribution in [3.05, 3.63) is 53.3 Å². The van der Waals surface area contributed by atoms with Crippen molar-refractivity contribution < 1.29 is 0 Å². The van der Waals surface area contributed by atoms with Crippen molar-refractivity contribution >= 4 is 5.69 Å². The molecule has 84 valence electrons. The van der Waals surface area contributed by atoms with Gasteiger partial charge in [-0.05, 0) is 42.2 Å². The maximum Gasteiger partial charge on any atom is 0.0316 e. The van der Waals surface area contributed by atoms with Crippen molar-refractivity contribution in [2.45, 2.75) is 19.8 Å². The molecule has 2 atom stereocenters. The Morgan fingerprint density at radius 1 is 1.19 bits per heavy atom. The Kier molecular flexibility index (Phi) is 2.73. The minimum absolute atomic E-state index is 0.410. The molecule has 2 unspecified atom stereocenters. The molecule has 1 aliphatic carbocycles. The van der Waals surface area contributed by atoms with Crippen LogP contribution in [0.25, 0.3) is 0 Å². The molecule has 0 radical (unpaired) electrons. The fourth-order valence-electron chi connectivity index (χ4n) is 2.31. The van der Waals surface area contributed by atoms with Crippen LogP contribution in [0.3, 0.4) is 0 Å². The zero-order chi connectivity index (χ0) is 11.7. The summed E-state index contributed by atoms with van der Waals surface area (Å²) in [5.41, 5.74) is 15.8. The Morgan fingerprint density at radius 3 is 2.56 bits per heavy atom. The molecule has 4 N–H and O–H groups in total. The van der Waals surface area contributed by atoms with Crippen molar-refractivity contribution in [3.63, 3.8) is 0 Å². The third kappa shape index (κ3) is 1.96. The molecule has 2 heteroatoms. The highest BCUT2D eigenvalue weighted by Gasteiger charge is 2.19. The molecule has 0 bridgehead atoms. The number of benzene rings is 1. The van der Waals surface area contributed by atoms with Gasteiger partial charge in [0.15, 0.2) is 0 Å². The zero-order valence-electron chi connectivity index (χ0n) is 9.77. The first kappa shape index (κ1) is 10.8. The molecule has 1 aliphatic rings. The van der Waals surface area contributed by atoms with Gasteiger partial charge in [0.2, 0.25) is 0 Å². The van der Waals surface area contributed by atoms with Crippen LogP contribution in [0.5, 0.6) is 0 Å². The van der Waals surface area contributed by atoms with E-state index in [1.165, 1.54) is 11.1 Å². The van der Waals surface area contributed by atoms with Crippen LogP contribution < -0.4 is 11.5 Å². The lowest BCUT2D eigenvalue weighted by molar-refractivity contribution is 0.626. The Bertz CT molecular complexity index is 458. The van der Waals surface area contributed by atoms with Crippen LogP contribution in [0, 0.1) is 12.8 Å². The summed E-state index contributed by atoms with van der Waals surface area (Å²) in [4.78, 5) is 0. The van der Waals surface area contributed by atoms with Gasteiger partial charge in [0.25, 0.3) is 0 Å². The first-order chi connectivity index (χ1) is 7.58. The molecular formula is C14H18N2. The van der Waals surface area contributed by atoms with Crippen LogP contribution in [-0.4, -0.2) is 0 Å². The van der Waals surface area contributed by atoms with Crippen molar-refractivity contribution in [1.29, 1.82) is 0 Å². The average Bonchev–Trinajstić information content (AvgIpc) is 2.19. The van der Waals surface area contributed by atoms with E-state index < -0.39 is 0 Å². The zero-order valence-corrected chi connectivity index (χ0v) is 9.77. The number of allylic oxidation sites excluding steroid dienone is 3. The largest absolute Gasteiger partial charge is 0.399 e. The Balaban J connectivity index is 2.35. The Labute approximate surface area is 96.6 Å². The minimum Gasteiger partial charge on any atom is -0.399 e. The van der Waals surface area contributed by atoms with E-state index >= 15 is 0 Å². The molecule has 0 aliphatic heterocycles. The van der Waals surface area contributed by atoms with E-state index in [0.717, 1.165) is 11.4 Å². The number of hydrogen-bond donors (Lipinski definition) is 2. The molecule has 0 amide bonds. The minimum atomic E-state index is 0.410. The van der Waals surface area contributed by atoms with Crippen LogP contribution in [0.2, 0.25) is 0 Å². The van der Waals surface area contributed by atoms with Gasteiger partial charge in [-0.2, -0.15) is 0 Å². The fourth-order valence-corrected chi connectivity index (χ4v) is 2.31. The third-order valence-corrected chi connectivity index (χ3v) is 3.17.